The zero-order chi connectivity index (χ0) is 25.2. The highest BCUT2D eigenvalue weighted by atomic mass is 127. The van der Waals surface area contributed by atoms with Gasteiger partial charge in [-0.15, -0.1) is 0 Å². The Morgan fingerprint density at radius 1 is 1.12 bits per heavy atom. The predicted molar refractivity (Wildman–Crippen MR) is 131 cm³/mol. The number of amides is 1. The van der Waals surface area contributed by atoms with Gasteiger partial charge in [0, 0.05) is 23.7 Å². The number of hydrogen-bond donors (Lipinski definition) is 4. The fourth-order valence-electron chi connectivity index (χ4n) is 2.84. The molecule has 0 fully saturated rings. The maximum absolute atomic E-state index is 14.9. The molecule has 0 unspecified atom stereocenters. The molecule has 0 aliphatic heterocycles. The Bertz CT molecular complexity index is 1450. The first-order chi connectivity index (χ1) is 15.9. The van der Waals surface area contributed by atoms with Crippen molar-refractivity contribution in [3.8, 4) is 11.5 Å². The van der Waals surface area contributed by atoms with Crippen molar-refractivity contribution in [1.29, 1.82) is 0 Å². The number of aromatic nitrogens is 1. The first kappa shape index (κ1) is 25.4. The average molecular weight is 605 g/mol. The highest BCUT2D eigenvalue weighted by Crippen LogP contribution is 2.34. The predicted octanol–water partition coefficient (Wildman–Crippen LogP) is 2.78. The number of benzene rings is 2. The lowest BCUT2D eigenvalue weighted by Crippen LogP contribution is -2.27. The number of carbonyl (C=O) groups is 1. The van der Waals surface area contributed by atoms with E-state index in [1.54, 1.807) is 6.07 Å². The molecule has 1 heterocycles. The van der Waals surface area contributed by atoms with Gasteiger partial charge in [0.05, 0.1) is 11.4 Å². The molecule has 10 nitrogen and oxygen atoms in total. The third-order valence-corrected chi connectivity index (χ3v) is 6.23. The Morgan fingerprint density at radius 3 is 2.44 bits per heavy atom. The summed E-state index contributed by atoms with van der Waals surface area (Å²) in [6, 6.07) is 8.72. The number of ether oxygens (including phenoxy) is 1. The van der Waals surface area contributed by atoms with E-state index in [1.807, 2.05) is 32.0 Å². The van der Waals surface area contributed by atoms with Crippen molar-refractivity contribution in [1.82, 2.24) is 9.29 Å². The Morgan fingerprint density at radius 2 is 1.82 bits per heavy atom. The van der Waals surface area contributed by atoms with Crippen molar-refractivity contribution in [2.75, 3.05) is 17.1 Å². The summed E-state index contributed by atoms with van der Waals surface area (Å²) >= 11 is 1.92. The van der Waals surface area contributed by atoms with Crippen molar-refractivity contribution in [3.05, 3.63) is 73.6 Å². The van der Waals surface area contributed by atoms with Gasteiger partial charge in [-0.3, -0.25) is 18.9 Å². The van der Waals surface area contributed by atoms with Gasteiger partial charge < -0.3 is 15.8 Å². The molecular formula is C20H18F2IN5O5S. The van der Waals surface area contributed by atoms with E-state index in [-0.39, 0.29) is 17.1 Å². The molecule has 1 aromatic heterocycles. The van der Waals surface area contributed by atoms with Crippen molar-refractivity contribution < 1.29 is 26.7 Å². The van der Waals surface area contributed by atoms with E-state index in [1.165, 1.54) is 25.2 Å². The second kappa shape index (κ2) is 9.94. The number of halogens is 3. The average Bonchev–Trinajstić information content (AvgIpc) is 2.75. The molecule has 3 aromatic rings. The number of nitrogens with one attached hydrogen (secondary N) is 3. The molecule has 0 aliphatic rings. The first-order valence-electron chi connectivity index (χ1n) is 9.37. The zero-order valence-corrected chi connectivity index (χ0v) is 20.6. The molecular weight excluding hydrogens is 587 g/mol. The van der Waals surface area contributed by atoms with Crippen molar-refractivity contribution in [2.24, 2.45) is 12.8 Å². The van der Waals surface area contributed by atoms with Crippen molar-refractivity contribution in [2.45, 2.75) is 0 Å². The third kappa shape index (κ3) is 5.45. The van der Waals surface area contributed by atoms with Crippen molar-refractivity contribution in [3.63, 3.8) is 0 Å². The van der Waals surface area contributed by atoms with Crippen LogP contribution in [0.5, 0.6) is 11.5 Å². The molecule has 5 N–H and O–H groups in total. The summed E-state index contributed by atoms with van der Waals surface area (Å²) in [4.78, 5) is 24.8. The van der Waals surface area contributed by atoms with E-state index in [4.69, 9.17) is 10.5 Å². The lowest BCUT2D eigenvalue weighted by atomic mass is 10.2. The van der Waals surface area contributed by atoms with Gasteiger partial charge in [0.2, 0.25) is 0 Å². The molecule has 0 saturated heterocycles. The van der Waals surface area contributed by atoms with Crippen LogP contribution in [0.4, 0.5) is 26.0 Å². The quantitative estimate of drug-likeness (QED) is 0.291. The van der Waals surface area contributed by atoms with Gasteiger partial charge in [0.25, 0.3) is 21.7 Å². The number of nitrogens with zero attached hydrogens (tertiary/aromatic N) is 1. The van der Waals surface area contributed by atoms with Crippen LogP contribution in [0.3, 0.4) is 0 Å². The zero-order valence-electron chi connectivity index (χ0n) is 17.6. The topological polar surface area (TPSA) is 145 Å². The summed E-state index contributed by atoms with van der Waals surface area (Å²) in [5.74, 6) is -3.93. The standard InChI is InChI=1S/C20H18F2IN5O5S/c1-25-34(31,32)27-13-4-3-5-14(18(13)22)33-15-9-16(29)28(2)20(17(15)19(24)30)26-12-7-6-10(23)8-11(12)21/h3-9,25-27H,1-2H3,(H2,24,30). The van der Waals surface area contributed by atoms with Gasteiger partial charge in [0.1, 0.15) is 22.9 Å². The largest absolute Gasteiger partial charge is 0.453 e. The summed E-state index contributed by atoms with van der Waals surface area (Å²) in [6.45, 7) is 0. The third-order valence-electron chi connectivity index (χ3n) is 4.53. The van der Waals surface area contributed by atoms with Gasteiger partial charge in [-0.05, 0) is 52.9 Å². The number of nitrogens with two attached hydrogens (primary N) is 1. The van der Waals surface area contributed by atoms with E-state index in [2.05, 4.69) is 5.32 Å². The van der Waals surface area contributed by atoms with Crippen LogP contribution in [-0.2, 0) is 17.3 Å². The molecule has 3 rings (SSSR count). The molecule has 0 radical (unpaired) electrons. The number of hydrogen-bond acceptors (Lipinski definition) is 6. The van der Waals surface area contributed by atoms with E-state index >= 15 is 0 Å². The van der Waals surface area contributed by atoms with Crippen molar-refractivity contribution >= 4 is 55.9 Å². The second-order valence-electron chi connectivity index (χ2n) is 6.77. The highest BCUT2D eigenvalue weighted by Gasteiger charge is 2.23. The number of rotatable bonds is 8. The summed E-state index contributed by atoms with van der Waals surface area (Å²) in [5.41, 5.74) is 3.97. The fraction of sp³-hybridized carbons (Fsp3) is 0.100. The van der Waals surface area contributed by atoms with E-state index in [9.17, 15) is 26.8 Å². The molecule has 0 atom stereocenters. The molecule has 14 heteroatoms. The minimum Gasteiger partial charge on any atom is -0.453 e. The molecule has 0 saturated carbocycles. The van der Waals surface area contributed by atoms with Crippen LogP contribution < -0.4 is 30.8 Å². The Kier molecular flexibility index (Phi) is 7.42. The minimum atomic E-state index is -4.04. The monoisotopic (exact) mass is 605 g/mol. The molecule has 34 heavy (non-hydrogen) atoms. The lowest BCUT2D eigenvalue weighted by Gasteiger charge is -2.18. The van der Waals surface area contributed by atoms with Crippen LogP contribution in [0.1, 0.15) is 10.4 Å². The Balaban J connectivity index is 2.12. The smallest absolute Gasteiger partial charge is 0.298 e. The summed E-state index contributed by atoms with van der Waals surface area (Å²) in [7, 11) is -1.59. The van der Waals surface area contributed by atoms with E-state index in [0.717, 1.165) is 29.8 Å². The maximum Gasteiger partial charge on any atom is 0.298 e. The fourth-order valence-corrected chi connectivity index (χ4v) is 3.84. The first-order valence-corrected chi connectivity index (χ1v) is 11.9. The van der Waals surface area contributed by atoms with Crippen LogP contribution in [0.2, 0.25) is 0 Å². The van der Waals surface area contributed by atoms with E-state index < -0.39 is 50.5 Å². The highest BCUT2D eigenvalue weighted by molar-refractivity contribution is 14.1. The second-order valence-corrected chi connectivity index (χ2v) is 9.64. The Hall–Kier alpha value is -3.24. The lowest BCUT2D eigenvalue weighted by molar-refractivity contribution is 0.0998. The SMILES string of the molecule is CNS(=O)(=O)Nc1cccc(Oc2cc(=O)n(C)c(Nc3ccc(I)cc3F)c2C(N)=O)c1F. The molecule has 0 spiro atoms. The molecule has 2 aromatic carbocycles. The van der Waals surface area contributed by atoms with Crippen LogP contribution in [-0.4, -0.2) is 25.9 Å². The number of primary amides is 1. The molecule has 180 valence electrons. The normalized spacial score (nSPS) is 11.2. The van der Waals surface area contributed by atoms with Crippen LogP contribution in [0, 0.1) is 15.2 Å². The Labute approximate surface area is 206 Å². The number of carbonyl (C=O) groups excluding carboxylic acids is 1. The molecule has 1 amide bonds. The molecule has 0 bridgehead atoms. The number of pyridine rings is 1. The maximum atomic E-state index is 14.9. The van der Waals surface area contributed by atoms with Crippen LogP contribution in [0.25, 0.3) is 0 Å². The van der Waals surface area contributed by atoms with Gasteiger partial charge >= 0.3 is 0 Å². The van der Waals surface area contributed by atoms with Crippen LogP contribution >= 0.6 is 22.6 Å². The van der Waals surface area contributed by atoms with Gasteiger partial charge in [-0.2, -0.15) is 8.42 Å². The van der Waals surface area contributed by atoms with Gasteiger partial charge in [-0.25, -0.2) is 13.5 Å². The molecule has 0 aliphatic carbocycles. The number of anilines is 3. The summed E-state index contributed by atoms with van der Waals surface area (Å²) in [5, 5.41) is 2.66. The van der Waals surface area contributed by atoms with E-state index in [0.29, 0.717) is 3.57 Å². The van der Waals surface area contributed by atoms with Gasteiger partial charge in [-0.1, -0.05) is 6.07 Å². The van der Waals surface area contributed by atoms with Crippen LogP contribution in [0.15, 0.2) is 47.3 Å². The summed E-state index contributed by atoms with van der Waals surface area (Å²) in [6.07, 6.45) is 0. The summed E-state index contributed by atoms with van der Waals surface area (Å²) < 4.78 is 63.8. The van der Waals surface area contributed by atoms with Gasteiger partial charge in [0.15, 0.2) is 11.6 Å². The minimum absolute atomic E-state index is 0.0512.